The number of benzene rings is 1. The van der Waals surface area contributed by atoms with Gasteiger partial charge >= 0.3 is 0 Å². The van der Waals surface area contributed by atoms with Crippen molar-refractivity contribution in [2.45, 2.75) is 25.9 Å². The molecule has 3 N–H and O–H groups in total. The van der Waals surface area contributed by atoms with E-state index in [4.69, 9.17) is 0 Å². The van der Waals surface area contributed by atoms with Crippen LogP contribution >= 0.6 is 11.8 Å². The Hall–Kier alpha value is -2.98. The average molecular weight is 365 g/mol. The number of nitrogens with zero attached hydrogens (tertiary/aromatic N) is 2. The highest BCUT2D eigenvalue weighted by Gasteiger charge is 2.15. The topological polar surface area (TPSA) is 97.4 Å². The number of aryl methyl sites for hydroxylation is 2. The minimum atomic E-state index is -0.192. The zero-order chi connectivity index (χ0) is 18.7. The number of hydrogen-bond donors (Lipinski definition) is 3. The van der Waals surface area contributed by atoms with Crippen LogP contribution in [0.15, 0.2) is 35.5 Å². The second-order valence-corrected chi connectivity index (χ2v) is 6.92. The molecule has 6 nitrogen and oxygen atoms in total. The van der Waals surface area contributed by atoms with Gasteiger partial charge in [-0.25, -0.2) is 4.98 Å². The Morgan fingerprint density at radius 1 is 1.19 bits per heavy atom. The van der Waals surface area contributed by atoms with Gasteiger partial charge in [0.1, 0.15) is 11.9 Å². The van der Waals surface area contributed by atoms with Crippen molar-refractivity contribution in [2.75, 3.05) is 11.1 Å². The molecular formula is C19H19N5OS. The predicted molar refractivity (Wildman–Crippen MR) is 103 cm³/mol. The van der Waals surface area contributed by atoms with E-state index in [1.165, 1.54) is 11.8 Å². The lowest BCUT2D eigenvalue weighted by molar-refractivity contribution is -0.113. The summed E-state index contributed by atoms with van der Waals surface area (Å²) in [4.78, 5) is 23.1. The number of anilines is 1. The molecule has 1 aromatic carbocycles. The minimum Gasteiger partial charge on any atom is -0.344 e. The zero-order valence-electron chi connectivity index (χ0n) is 14.8. The number of aromatic amines is 2. The van der Waals surface area contributed by atoms with Gasteiger partial charge in [-0.15, -0.1) is 0 Å². The molecule has 0 fully saturated rings. The summed E-state index contributed by atoms with van der Waals surface area (Å²) in [6.45, 7) is 5.69. The first-order valence-corrected chi connectivity index (χ1v) is 9.12. The molecule has 1 amide bonds. The number of nitrogens with one attached hydrogen (secondary N) is 3. The third kappa shape index (κ3) is 3.65. The molecule has 0 bridgehead atoms. The van der Waals surface area contributed by atoms with Gasteiger partial charge in [-0.1, -0.05) is 42.1 Å². The summed E-state index contributed by atoms with van der Waals surface area (Å²) < 4.78 is 0. The van der Waals surface area contributed by atoms with Gasteiger partial charge < -0.3 is 15.3 Å². The molecule has 0 radical (unpaired) electrons. The lowest BCUT2D eigenvalue weighted by atomic mass is 10.1. The van der Waals surface area contributed by atoms with Crippen LogP contribution in [0.2, 0.25) is 0 Å². The molecule has 0 spiro atoms. The van der Waals surface area contributed by atoms with Crippen LogP contribution in [0.1, 0.15) is 22.5 Å². The molecule has 3 rings (SSSR count). The number of H-pyrrole nitrogens is 2. The molecule has 132 valence electrons. The number of imidazole rings is 1. The lowest BCUT2D eigenvalue weighted by Crippen LogP contribution is -2.15. The maximum atomic E-state index is 12.2. The molecule has 2 heterocycles. The Kier molecular flexibility index (Phi) is 5.14. The van der Waals surface area contributed by atoms with Gasteiger partial charge in [0.25, 0.3) is 0 Å². The predicted octanol–water partition coefficient (Wildman–Crippen LogP) is 3.93. The molecule has 0 aliphatic carbocycles. The van der Waals surface area contributed by atoms with Crippen LogP contribution in [0.3, 0.4) is 0 Å². The molecule has 0 aliphatic heterocycles. The van der Waals surface area contributed by atoms with E-state index in [0.717, 1.165) is 28.2 Å². The number of nitriles is 1. The third-order valence-electron chi connectivity index (χ3n) is 4.13. The van der Waals surface area contributed by atoms with Crippen LogP contribution in [0.5, 0.6) is 0 Å². The van der Waals surface area contributed by atoms with Gasteiger partial charge in [0.15, 0.2) is 5.16 Å². The first-order valence-electron chi connectivity index (χ1n) is 8.13. The molecular weight excluding hydrogens is 346 g/mol. The maximum Gasteiger partial charge on any atom is 0.235 e. The summed E-state index contributed by atoms with van der Waals surface area (Å²) in [7, 11) is 0. The van der Waals surface area contributed by atoms with Crippen molar-refractivity contribution in [2.24, 2.45) is 0 Å². The smallest absolute Gasteiger partial charge is 0.235 e. The highest BCUT2D eigenvalue weighted by molar-refractivity contribution is 7.99. The molecule has 2 aromatic heterocycles. The Bertz CT molecular complexity index is 982. The molecule has 26 heavy (non-hydrogen) atoms. The molecule has 3 aromatic rings. The Morgan fingerprint density at radius 3 is 2.62 bits per heavy atom. The van der Waals surface area contributed by atoms with Crippen molar-refractivity contribution in [3.05, 3.63) is 52.8 Å². The summed E-state index contributed by atoms with van der Waals surface area (Å²) in [6, 6.07) is 12.0. The normalized spacial score (nSPS) is 10.5. The Labute approximate surface area is 156 Å². The summed E-state index contributed by atoms with van der Waals surface area (Å²) >= 11 is 1.33. The average Bonchev–Trinajstić information content (AvgIpc) is 3.13. The Morgan fingerprint density at radius 2 is 1.92 bits per heavy atom. The molecule has 0 aliphatic rings. The third-order valence-corrected chi connectivity index (χ3v) is 5.00. The van der Waals surface area contributed by atoms with E-state index in [9.17, 15) is 10.1 Å². The van der Waals surface area contributed by atoms with E-state index in [1.807, 2.05) is 51.1 Å². The molecule has 0 atom stereocenters. The maximum absolute atomic E-state index is 12.2. The number of carbonyl (C=O) groups is 1. The van der Waals surface area contributed by atoms with Gasteiger partial charge in [0.05, 0.1) is 17.0 Å². The van der Waals surface area contributed by atoms with Crippen molar-refractivity contribution in [3.8, 4) is 17.3 Å². The van der Waals surface area contributed by atoms with Gasteiger partial charge in [-0.3, -0.25) is 4.79 Å². The summed E-state index contributed by atoms with van der Waals surface area (Å²) in [6.07, 6.45) is 0. The van der Waals surface area contributed by atoms with Crippen molar-refractivity contribution < 1.29 is 4.79 Å². The highest BCUT2D eigenvalue weighted by Crippen LogP contribution is 2.25. The number of aromatic nitrogens is 3. The van der Waals surface area contributed by atoms with Gasteiger partial charge in [0.2, 0.25) is 5.91 Å². The highest BCUT2D eigenvalue weighted by atomic mass is 32.2. The fraction of sp³-hybridized carbons (Fsp3) is 0.211. The minimum absolute atomic E-state index is 0.192. The van der Waals surface area contributed by atoms with Gasteiger partial charge in [-0.2, -0.15) is 5.26 Å². The van der Waals surface area contributed by atoms with E-state index >= 15 is 0 Å². The second-order valence-electron chi connectivity index (χ2n) is 5.96. The monoisotopic (exact) mass is 365 g/mol. The number of hydrogen-bond acceptors (Lipinski definition) is 4. The van der Waals surface area contributed by atoms with Crippen LogP contribution in [0.4, 0.5) is 5.82 Å². The first-order chi connectivity index (χ1) is 12.5. The fourth-order valence-corrected chi connectivity index (χ4v) is 3.36. The standard InChI is InChI=1S/C19H19N5OS/c1-11-12(2)21-18(15(11)9-20)23-16(25)10-26-19-22-13(3)17(24-19)14-7-5-4-6-8-14/h4-8,21H,10H2,1-3H3,(H,22,24)(H,23,25). The van der Waals surface area contributed by atoms with Crippen molar-refractivity contribution in [1.29, 1.82) is 5.26 Å². The van der Waals surface area contributed by atoms with Crippen LogP contribution < -0.4 is 5.32 Å². The van der Waals surface area contributed by atoms with E-state index in [2.05, 4.69) is 26.3 Å². The van der Waals surface area contributed by atoms with Crippen molar-refractivity contribution in [1.82, 2.24) is 15.0 Å². The van der Waals surface area contributed by atoms with Crippen LogP contribution in [-0.2, 0) is 4.79 Å². The first kappa shape index (κ1) is 17.8. The van der Waals surface area contributed by atoms with E-state index in [1.54, 1.807) is 0 Å². The van der Waals surface area contributed by atoms with Gasteiger partial charge in [0, 0.05) is 17.0 Å². The van der Waals surface area contributed by atoms with E-state index < -0.39 is 0 Å². The number of thioether (sulfide) groups is 1. The summed E-state index contributed by atoms with van der Waals surface area (Å²) in [5.41, 5.74) is 5.08. The van der Waals surface area contributed by atoms with E-state index in [0.29, 0.717) is 16.5 Å². The number of carbonyl (C=O) groups excluding carboxylic acids is 1. The molecule has 7 heteroatoms. The van der Waals surface area contributed by atoms with Crippen LogP contribution in [-0.4, -0.2) is 26.6 Å². The molecule has 0 unspecified atom stereocenters. The zero-order valence-corrected chi connectivity index (χ0v) is 15.6. The second kappa shape index (κ2) is 7.50. The number of amides is 1. The molecule has 0 saturated carbocycles. The van der Waals surface area contributed by atoms with Crippen molar-refractivity contribution >= 4 is 23.5 Å². The van der Waals surface area contributed by atoms with Gasteiger partial charge in [-0.05, 0) is 26.3 Å². The number of rotatable bonds is 5. The summed E-state index contributed by atoms with van der Waals surface area (Å²) in [5, 5.41) is 12.7. The quantitative estimate of drug-likeness (QED) is 0.597. The van der Waals surface area contributed by atoms with E-state index in [-0.39, 0.29) is 11.7 Å². The van der Waals surface area contributed by atoms with Crippen LogP contribution in [0.25, 0.3) is 11.3 Å². The lowest BCUT2D eigenvalue weighted by Gasteiger charge is -2.02. The largest absolute Gasteiger partial charge is 0.344 e. The molecule has 0 saturated heterocycles. The SMILES string of the molecule is Cc1[nH]c(SCC(=O)Nc2[nH]c(C)c(C)c2C#N)nc1-c1ccccc1. The Balaban J connectivity index is 1.66. The fourth-order valence-electron chi connectivity index (χ4n) is 2.64. The van der Waals surface area contributed by atoms with Crippen LogP contribution in [0, 0.1) is 32.1 Å². The van der Waals surface area contributed by atoms with Crippen molar-refractivity contribution in [3.63, 3.8) is 0 Å². The summed E-state index contributed by atoms with van der Waals surface area (Å²) in [5.74, 6) is 0.458.